The van der Waals surface area contributed by atoms with Crippen molar-refractivity contribution in [1.29, 1.82) is 0 Å². The van der Waals surface area contributed by atoms with Gasteiger partial charge in [-0.15, -0.1) is 0 Å². The zero-order chi connectivity index (χ0) is 34.8. The van der Waals surface area contributed by atoms with E-state index in [9.17, 15) is 22.4 Å². The standard InChI is InChI=1S/C36H38Cl2FN3O5S/c1-4-25(3)40-36(44)34(22-26-9-7-6-8-10-26)41(23-27-11-20-32(37)33(38)21-27)35(43)24-42(29-14-12-28(39)13-15-29)48(45,46)31-18-16-30(17-19-31)47-5-2/h6-21,25,34H,4-5,22-24H2,1-3H3,(H,40,44)/t25-,34-/m1/s1. The average Bonchev–Trinajstić information content (AvgIpc) is 3.08. The Bertz CT molecular complexity index is 1790. The SMILES string of the molecule is CCOc1ccc(S(=O)(=O)N(CC(=O)N(Cc2ccc(Cl)c(Cl)c2)[C@H](Cc2ccccc2)C(=O)N[C@H](C)CC)c2ccc(F)cc2)cc1. The van der Waals surface area contributed by atoms with Gasteiger partial charge in [-0.2, -0.15) is 0 Å². The lowest BCUT2D eigenvalue weighted by atomic mass is 10.0. The van der Waals surface area contributed by atoms with Crippen LogP contribution >= 0.6 is 23.2 Å². The number of hydrogen-bond acceptors (Lipinski definition) is 5. The molecule has 4 rings (SSSR count). The summed E-state index contributed by atoms with van der Waals surface area (Å²) < 4.78 is 48.7. The summed E-state index contributed by atoms with van der Waals surface area (Å²) in [5, 5.41) is 3.57. The van der Waals surface area contributed by atoms with E-state index in [1.54, 1.807) is 18.2 Å². The summed E-state index contributed by atoms with van der Waals surface area (Å²) in [6.07, 6.45) is 0.807. The van der Waals surface area contributed by atoms with E-state index in [2.05, 4.69) is 5.32 Å². The van der Waals surface area contributed by atoms with Crippen molar-refractivity contribution in [3.63, 3.8) is 0 Å². The Morgan fingerprint density at radius 1 is 0.875 bits per heavy atom. The molecule has 0 aliphatic carbocycles. The number of ether oxygens (including phenoxy) is 1. The Morgan fingerprint density at radius 2 is 1.54 bits per heavy atom. The van der Waals surface area contributed by atoms with E-state index < -0.39 is 40.2 Å². The lowest BCUT2D eigenvalue weighted by Crippen LogP contribution is -2.54. The summed E-state index contributed by atoms with van der Waals surface area (Å²) in [6, 6.07) is 23.5. The van der Waals surface area contributed by atoms with Gasteiger partial charge in [0, 0.05) is 19.0 Å². The maximum Gasteiger partial charge on any atom is 0.264 e. The van der Waals surface area contributed by atoms with Gasteiger partial charge in [0.2, 0.25) is 11.8 Å². The molecule has 0 radical (unpaired) electrons. The first-order chi connectivity index (χ1) is 22.9. The second-order valence-electron chi connectivity index (χ2n) is 11.2. The molecule has 0 aliphatic heterocycles. The van der Waals surface area contributed by atoms with E-state index in [1.807, 2.05) is 51.1 Å². The van der Waals surface area contributed by atoms with Gasteiger partial charge in [0.15, 0.2) is 0 Å². The molecule has 0 unspecified atom stereocenters. The van der Waals surface area contributed by atoms with E-state index in [0.29, 0.717) is 29.4 Å². The molecule has 0 aliphatic rings. The zero-order valence-electron chi connectivity index (χ0n) is 26.9. The minimum atomic E-state index is -4.37. The molecule has 8 nitrogen and oxygen atoms in total. The number of carbonyl (C=O) groups is 2. The lowest BCUT2D eigenvalue weighted by Gasteiger charge is -2.34. The molecular weight excluding hydrogens is 676 g/mol. The fraction of sp³-hybridized carbons (Fsp3) is 0.278. The van der Waals surface area contributed by atoms with Gasteiger partial charge < -0.3 is 15.0 Å². The monoisotopic (exact) mass is 713 g/mol. The van der Waals surface area contributed by atoms with E-state index in [0.717, 1.165) is 22.0 Å². The molecule has 0 aromatic heterocycles. The average molecular weight is 715 g/mol. The zero-order valence-corrected chi connectivity index (χ0v) is 29.2. The van der Waals surface area contributed by atoms with Crippen molar-refractivity contribution in [1.82, 2.24) is 10.2 Å². The molecule has 48 heavy (non-hydrogen) atoms. The van der Waals surface area contributed by atoms with Crippen molar-refractivity contribution < 1.29 is 27.1 Å². The van der Waals surface area contributed by atoms with Crippen molar-refractivity contribution in [2.45, 2.75) is 57.1 Å². The number of amides is 2. The highest BCUT2D eigenvalue weighted by Gasteiger charge is 2.35. The molecule has 1 N–H and O–H groups in total. The quantitative estimate of drug-likeness (QED) is 0.140. The van der Waals surface area contributed by atoms with Gasteiger partial charge in [-0.25, -0.2) is 12.8 Å². The van der Waals surface area contributed by atoms with Crippen molar-refractivity contribution in [3.8, 4) is 5.75 Å². The highest BCUT2D eigenvalue weighted by Crippen LogP contribution is 2.28. The molecule has 254 valence electrons. The van der Waals surface area contributed by atoms with Gasteiger partial charge in [0.1, 0.15) is 24.2 Å². The van der Waals surface area contributed by atoms with Crippen molar-refractivity contribution in [3.05, 3.63) is 124 Å². The Hall–Kier alpha value is -4.12. The molecule has 0 heterocycles. The number of rotatable bonds is 15. The van der Waals surface area contributed by atoms with Gasteiger partial charge in [-0.1, -0.05) is 66.5 Å². The van der Waals surface area contributed by atoms with Crippen LogP contribution in [0.1, 0.15) is 38.3 Å². The highest BCUT2D eigenvalue weighted by molar-refractivity contribution is 7.92. The number of carbonyl (C=O) groups excluding carboxylic acids is 2. The minimum Gasteiger partial charge on any atom is -0.494 e. The highest BCUT2D eigenvalue weighted by atomic mass is 35.5. The minimum absolute atomic E-state index is 0.0665. The summed E-state index contributed by atoms with van der Waals surface area (Å²) in [4.78, 5) is 29.7. The normalized spacial score (nSPS) is 12.5. The Morgan fingerprint density at radius 3 is 2.15 bits per heavy atom. The molecule has 4 aromatic rings. The second kappa shape index (κ2) is 16.8. The van der Waals surface area contributed by atoms with Crippen LogP contribution in [0, 0.1) is 5.82 Å². The molecule has 12 heteroatoms. The first-order valence-corrected chi connectivity index (χ1v) is 17.7. The summed E-state index contributed by atoms with van der Waals surface area (Å²) in [7, 11) is -4.37. The Balaban J connectivity index is 1.81. The van der Waals surface area contributed by atoms with Crippen molar-refractivity contribution in [2.24, 2.45) is 0 Å². The molecule has 0 fully saturated rings. The smallest absolute Gasteiger partial charge is 0.264 e. The number of benzene rings is 4. The predicted octanol–water partition coefficient (Wildman–Crippen LogP) is 7.28. The van der Waals surface area contributed by atoms with Gasteiger partial charge in [0.25, 0.3) is 10.0 Å². The van der Waals surface area contributed by atoms with Gasteiger partial charge in [-0.3, -0.25) is 13.9 Å². The van der Waals surface area contributed by atoms with Crippen LogP contribution < -0.4 is 14.4 Å². The molecule has 4 aromatic carbocycles. The maximum atomic E-state index is 14.5. The molecule has 0 spiro atoms. The van der Waals surface area contributed by atoms with Crippen LogP contribution in [0.3, 0.4) is 0 Å². The maximum absolute atomic E-state index is 14.5. The van der Waals surface area contributed by atoms with Crippen LogP contribution in [0.25, 0.3) is 0 Å². The Kier molecular flexibility index (Phi) is 12.9. The van der Waals surface area contributed by atoms with Crippen molar-refractivity contribution >= 4 is 50.7 Å². The second-order valence-corrected chi connectivity index (χ2v) is 13.9. The third-order valence-electron chi connectivity index (χ3n) is 7.73. The predicted molar refractivity (Wildman–Crippen MR) is 187 cm³/mol. The van der Waals surface area contributed by atoms with E-state index >= 15 is 0 Å². The summed E-state index contributed by atoms with van der Waals surface area (Å²) in [5.41, 5.74) is 1.44. The van der Waals surface area contributed by atoms with Crippen LogP contribution in [-0.2, 0) is 32.6 Å². The van der Waals surface area contributed by atoms with E-state index in [4.69, 9.17) is 27.9 Å². The van der Waals surface area contributed by atoms with Crippen molar-refractivity contribution in [2.75, 3.05) is 17.5 Å². The third kappa shape index (κ3) is 9.49. The largest absolute Gasteiger partial charge is 0.494 e. The number of anilines is 1. The van der Waals surface area contributed by atoms with Crippen LogP contribution in [0.5, 0.6) is 5.75 Å². The summed E-state index contributed by atoms with van der Waals surface area (Å²) in [6.45, 7) is 5.23. The molecule has 0 bridgehead atoms. The number of halogens is 3. The third-order valence-corrected chi connectivity index (χ3v) is 10.3. The van der Waals surface area contributed by atoms with Crippen LogP contribution in [0.15, 0.2) is 102 Å². The fourth-order valence-electron chi connectivity index (χ4n) is 4.97. The first-order valence-electron chi connectivity index (χ1n) is 15.5. The number of nitrogens with one attached hydrogen (secondary N) is 1. The molecular formula is C36H38Cl2FN3O5S. The van der Waals surface area contributed by atoms with E-state index in [-0.39, 0.29) is 34.6 Å². The first kappa shape index (κ1) is 36.7. The van der Waals surface area contributed by atoms with Gasteiger partial charge in [-0.05, 0) is 92.1 Å². The van der Waals surface area contributed by atoms with Crippen LogP contribution in [-0.4, -0.2) is 50.4 Å². The number of nitrogens with zero attached hydrogens (tertiary/aromatic N) is 2. The van der Waals surface area contributed by atoms with Gasteiger partial charge in [0.05, 0.1) is 27.2 Å². The van der Waals surface area contributed by atoms with Crippen LogP contribution in [0.2, 0.25) is 10.0 Å². The lowest BCUT2D eigenvalue weighted by molar-refractivity contribution is -0.140. The van der Waals surface area contributed by atoms with Gasteiger partial charge >= 0.3 is 0 Å². The summed E-state index contributed by atoms with van der Waals surface area (Å²) >= 11 is 12.5. The molecule has 2 atom stereocenters. The Labute approximate surface area is 291 Å². The summed E-state index contributed by atoms with van der Waals surface area (Å²) in [5.74, 6) is -1.16. The van der Waals surface area contributed by atoms with E-state index in [1.165, 1.54) is 41.3 Å². The van der Waals surface area contributed by atoms with Crippen LogP contribution in [0.4, 0.5) is 10.1 Å². The number of hydrogen-bond donors (Lipinski definition) is 1. The number of sulfonamides is 1. The topological polar surface area (TPSA) is 96.0 Å². The molecule has 0 saturated carbocycles. The molecule has 0 saturated heterocycles. The fourth-order valence-corrected chi connectivity index (χ4v) is 6.70. The molecule has 2 amide bonds.